The highest BCUT2D eigenvalue weighted by Crippen LogP contribution is 2.46. The summed E-state index contributed by atoms with van der Waals surface area (Å²) in [4.78, 5) is 2.35. The topological polar surface area (TPSA) is 29.5 Å². The fraction of sp³-hybridized carbons (Fsp3) is 0. The van der Waals surface area contributed by atoms with Crippen molar-refractivity contribution in [2.45, 2.75) is 0 Å². The Morgan fingerprint density at radius 3 is 1.73 bits per heavy atom. The number of nitrogens with zero attached hydrogens (tertiary/aromatic N) is 1. The molecule has 0 aliphatic rings. The third-order valence-corrected chi connectivity index (χ3v) is 10.9. The number of benzene rings is 9. The maximum absolute atomic E-state index is 6.60. The maximum Gasteiger partial charge on any atom is 0.143 e. The van der Waals surface area contributed by atoms with Gasteiger partial charge in [0.05, 0.1) is 5.69 Å². The highest BCUT2D eigenvalue weighted by Gasteiger charge is 2.22. The van der Waals surface area contributed by atoms with Crippen LogP contribution in [0, 0.1) is 0 Å². The van der Waals surface area contributed by atoms with Crippen LogP contribution in [0.25, 0.3) is 88.0 Å². The molecule has 0 unspecified atom stereocenters. The number of rotatable bonds is 6. The fourth-order valence-corrected chi connectivity index (χ4v) is 8.29. The van der Waals surface area contributed by atoms with Gasteiger partial charge in [-0.05, 0) is 81.6 Å². The molecule has 3 heteroatoms. The van der Waals surface area contributed by atoms with E-state index in [2.05, 4.69) is 181 Å². The summed E-state index contributed by atoms with van der Waals surface area (Å²) in [6, 6.07) is 71.0. The van der Waals surface area contributed by atoms with E-state index in [9.17, 15) is 0 Å². The Bertz CT molecular complexity index is 3240. The lowest BCUT2D eigenvalue weighted by Gasteiger charge is -2.28. The Morgan fingerprint density at radius 2 is 0.891 bits per heavy atom. The van der Waals surface area contributed by atoms with Gasteiger partial charge in [-0.25, -0.2) is 0 Å². The first-order valence-electron chi connectivity index (χ1n) is 18.7. The second kappa shape index (κ2) is 12.6. The van der Waals surface area contributed by atoms with Crippen LogP contribution in [0.2, 0.25) is 0 Å². The highest BCUT2D eigenvalue weighted by atomic mass is 16.3. The summed E-state index contributed by atoms with van der Waals surface area (Å²) in [6.45, 7) is 0. The van der Waals surface area contributed by atoms with Crippen LogP contribution in [0.5, 0.6) is 0 Å². The number of para-hydroxylation sites is 4. The van der Waals surface area contributed by atoms with Crippen molar-refractivity contribution in [3.8, 4) is 33.4 Å². The number of furan rings is 2. The van der Waals surface area contributed by atoms with Gasteiger partial charge in [-0.1, -0.05) is 146 Å². The van der Waals surface area contributed by atoms with E-state index in [-0.39, 0.29) is 0 Å². The van der Waals surface area contributed by atoms with Crippen molar-refractivity contribution in [3.05, 3.63) is 200 Å². The van der Waals surface area contributed by atoms with Crippen molar-refractivity contribution in [2.75, 3.05) is 4.90 Å². The maximum atomic E-state index is 6.60. The molecule has 0 saturated carbocycles. The molecule has 0 N–H and O–H groups in total. The van der Waals surface area contributed by atoms with E-state index in [4.69, 9.17) is 8.83 Å². The first-order chi connectivity index (χ1) is 27.3. The minimum absolute atomic E-state index is 0.846. The summed E-state index contributed by atoms with van der Waals surface area (Å²) >= 11 is 0. The molecule has 258 valence electrons. The summed E-state index contributed by atoms with van der Waals surface area (Å²) in [5.74, 6) is 0. The van der Waals surface area contributed by atoms with Crippen LogP contribution in [0.3, 0.4) is 0 Å². The van der Waals surface area contributed by atoms with E-state index in [1.54, 1.807) is 0 Å². The van der Waals surface area contributed by atoms with Gasteiger partial charge in [0.1, 0.15) is 22.3 Å². The normalized spacial score (nSPS) is 11.6. The number of hydrogen-bond donors (Lipinski definition) is 0. The smallest absolute Gasteiger partial charge is 0.143 e. The van der Waals surface area contributed by atoms with Gasteiger partial charge in [0.2, 0.25) is 0 Å². The van der Waals surface area contributed by atoms with Gasteiger partial charge in [-0.2, -0.15) is 0 Å². The molecule has 2 heterocycles. The van der Waals surface area contributed by atoms with Gasteiger partial charge in [-0.3, -0.25) is 0 Å². The Hall–Kier alpha value is -7.36. The standard InChI is InChI=1S/C52H33NO2/c1-2-14-35-31-37(28-27-34(35)13-1)41-18-4-3-17-40(41)36-15-11-16-38(32-36)53(39-29-30-45-43-20-6-9-25-49(43)54-51(45)33-39)48-24-8-5-19-42(48)46-22-12-23-47-44-21-7-10-26-50(44)55-52(46)47/h1-33H. The van der Waals surface area contributed by atoms with Gasteiger partial charge >= 0.3 is 0 Å². The molecular formula is C52H33NO2. The summed E-state index contributed by atoms with van der Waals surface area (Å²) in [7, 11) is 0. The molecule has 9 aromatic carbocycles. The summed E-state index contributed by atoms with van der Waals surface area (Å²) in [5, 5.41) is 6.89. The fourth-order valence-electron chi connectivity index (χ4n) is 8.29. The molecule has 0 aliphatic carbocycles. The molecule has 0 amide bonds. The lowest BCUT2D eigenvalue weighted by molar-refractivity contribution is 0.669. The second-order valence-corrected chi connectivity index (χ2v) is 14.1. The van der Waals surface area contributed by atoms with Crippen molar-refractivity contribution in [3.63, 3.8) is 0 Å². The summed E-state index contributed by atoms with van der Waals surface area (Å²) in [5.41, 5.74) is 13.3. The van der Waals surface area contributed by atoms with Crippen molar-refractivity contribution in [1.29, 1.82) is 0 Å². The van der Waals surface area contributed by atoms with Crippen LogP contribution in [-0.4, -0.2) is 0 Å². The van der Waals surface area contributed by atoms with E-state index < -0.39 is 0 Å². The van der Waals surface area contributed by atoms with E-state index in [1.165, 1.54) is 27.5 Å². The number of fused-ring (bicyclic) bond motifs is 7. The van der Waals surface area contributed by atoms with E-state index in [1.807, 2.05) is 24.3 Å². The molecule has 0 fully saturated rings. The average Bonchev–Trinajstić information content (AvgIpc) is 3.82. The van der Waals surface area contributed by atoms with Crippen molar-refractivity contribution in [1.82, 2.24) is 0 Å². The largest absolute Gasteiger partial charge is 0.456 e. The zero-order valence-corrected chi connectivity index (χ0v) is 29.8. The Labute approximate surface area is 317 Å². The SMILES string of the molecule is c1cc(-c2ccccc2-c2ccc3ccccc3c2)cc(N(c2ccc3c(c2)oc2ccccc23)c2ccccc2-c2cccc3c2oc2ccccc23)c1. The molecule has 0 radical (unpaired) electrons. The first-order valence-corrected chi connectivity index (χ1v) is 18.7. The molecule has 0 spiro atoms. The van der Waals surface area contributed by atoms with Gasteiger partial charge in [0.15, 0.2) is 0 Å². The highest BCUT2D eigenvalue weighted by molar-refractivity contribution is 6.11. The predicted molar refractivity (Wildman–Crippen MR) is 229 cm³/mol. The van der Waals surface area contributed by atoms with E-state index in [0.717, 1.165) is 77.6 Å². The van der Waals surface area contributed by atoms with Crippen LogP contribution >= 0.6 is 0 Å². The van der Waals surface area contributed by atoms with Crippen molar-refractivity contribution >= 4 is 71.7 Å². The number of anilines is 3. The zero-order chi connectivity index (χ0) is 36.3. The van der Waals surface area contributed by atoms with Crippen molar-refractivity contribution in [2.24, 2.45) is 0 Å². The molecule has 11 aromatic rings. The molecule has 0 atom stereocenters. The van der Waals surface area contributed by atoms with E-state index >= 15 is 0 Å². The first kappa shape index (κ1) is 31.2. The van der Waals surface area contributed by atoms with Gasteiger partial charge in [0, 0.05) is 50.1 Å². The monoisotopic (exact) mass is 703 g/mol. The molecule has 2 aromatic heterocycles. The van der Waals surface area contributed by atoms with Gasteiger partial charge in [0.25, 0.3) is 0 Å². The molecule has 0 saturated heterocycles. The van der Waals surface area contributed by atoms with Crippen LogP contribution in [0.1, 0.15) is 0 Å². The Kier molecular flexibility index (Phi) is 7.17. The molecule has 55 heavy (non-hydrogen) atoms. The van der Waals surface area contributed by atoms with Crippen LogP contribution in [0.15, 0.2) is 209 Å². The third kappa shape index (κ3) is 5.20. The minimum atomic E-state index is 0.846. The van der Waals surface area contributed by atoms with Crippen LogP contribution < -0.4 is 4.90 Å². The average molecular weight is 704 g/mol. The molecule has 11 rings (SSSR count). The second-order valence-electron chi connectivity index (χ2n) is 14.1. The predicted octanol–water partition coefficient (Wildman–Crippen LogP) is 15.1. The zero-order valence-electron chi connectivity index (χ0n) is 29.8. The molecular weight excluding hydrogens is 671 g/mol. The third-order valence-electron chi connectivity index (χ3n) is 10.9. The lowest BCUT2D eigenvalue weighted by atomic mass is 9.93. The molecule has 0 aliphatic heterocycles. The van der Waals surface area contributed by atoms with Crippen molar-refractivity contribution < 1.29 is 8.83 Å². The van der Waals surface area contributed by atoms with E-state index in [0.29, 0.717) is 0 Å². The molecule has 0 bridgehead atoms. The molecule has 3 nitrogen and oxygen atoms in total. The van der Waals surface area contributed by atoms with Gasteiger partial charge in [-0.15, -0.1) is 0 Å². The lowest BCUT2D eigenvalue weighted by Crippen LogP contribution is -2.11. The van der Waals surface area contributed by atoms with Crippen LogP contribution in [0.4, 0.5) is 17.1 Å². The van der Waals surface area contributed by atoms with Crippen LogP contribution in [-0.2, 0) is 0 Å². The number of hydrogen-bond acceptors (Lipinski definition) is 3. The quantitative estimate of drug-likeness (QED) is 0.173. The summed E-state index contributed by atoms with van der Waals surface area (Å²) < 4.78 is 13.1. The Morgan fingerprint density at radius 1 is 0.309 bits per heavy atom. The minimum Gasteiger partial charge on any atom is -0.456 e. The van der Waals surface area contributed by atoms with Gasteiger partial charge < -0.3 is 13.7 Å². The Balaban J connectivity index is 1.12. The summed E-state index contributed by atoms with van der Waals surface area (Å²) in [6.07, 6.45) is 0.